The van der Waals surface area contributed by atoms with E-state index in [9.17, 15) is 14.9 Å². The lowest BCUT2D eigenvalue weighted by Gasteiger charge is -2.06. The van der Waals surface area contributed by atoms with Gasteiger partial charge in [0.15, 0.2) is 0 Å². The van der Waals surface area contributed by atoms with Crippen molar-refractivity contribution in [3.63, 3.8) is 0 Å². The van der Waals surface area contributed by atoms with Crippen LogP contribution in [0.25, 0.3) is 0 Å². The lowest BCUT2D eigenvalue weighted by Crippen LogP contribution is -2.25. The second-order valence-corrected chi connectivity index (χ2v) is 5.15. The Morgan fingerprint density at radius 2 is 2.18 bits per heavy atom. The Hall–Kier alpha value is -2.70. The number of hydrogen-bond acceptors (Lipinski definition) is 4. The summed E-state index contributed by atoms with van der Waals surface area (Å²) < 4.78 is 1.82. The van der Waals surface area contributed by atoms with Crippen LogP contribution in [0.2, 0.25) is 0 Å². The molecule has 1 amide bonds. The van der Waals surface area contributed by atoms with Crippen LogP contribution in [-0.4, -0.2) is 27.2 Å². The first-order valence-electron chi connectivity index (χ1n) is 6.99. The van der Waals surface area contributed by atoms with Crippen molar-refractivity contribution in [3.05, 3.63) is 57.4 Å². The Bertz CT molecular complexity index is 694. The molecule has 0 unspecified atom stereocenters. The van der Waals surface area contributed by atoms with Crippen molar-refractivity contribution < 1.29 is 9.72 Å². The van der Waals surface area contributed by atoms with Gasteiger partial charge in [-0.3, -0.25) is 19.6 Å². The van der Waals surface area contributed by atoms with Crippen molar-refractivity contribution in [2.75, 3.05) is 6.54 Å². The summed E-state index contributed by atoms with van der Waals surface area (Å²) in [5, 5.41) is 17.8. The summed E-state index contributed by atoms with van der Waals surface area (Å²) >= 11 is 0. The fourth-order valence-corrected chi connectivity index (χ4v) is 2.08. The molecule has 0 radical (unpaired) electrons. The summed E-state index contributed by atoms with van der Waals surface area (Å²) in [7, 11) is 0. The molecule has 0 spiro atoms. The molecule has 1 heterocycles. The van der Waals surface area contributed by atoms with Gasteiger partial charge in [0, 0.05) is 36.5 Å². The van der Waals surface area contributed by atoms with E-state index in [0.717, 1.165) is 12.0 Å². The molecule has 0 fully saturated rings. The van der Waals surface area contributed by atoms with Gasteiger partial charge < -0.3 is 5.32 Å². The van der Waals surface area contributed by atoms with Gasteiger partial charge in [-0.15, -0.1) is 0 Å². The summed E-state index contributed by atoms with van der Waals surface area (Å²) in [6.07, 6.45) is 4.45. The molecule has 7 heteroatoms. The number of nitrogens with one attached hydrogen (secondary N) is 1. The third-order valence-electron chi connectivity index (χ3n) is 3.28. The van der Waals surface area contributed by atoms with Crippen molar-refractivity contribution in [1.29, 1.82) is 0 Å². The van der Waals surface area contributed by atoms with Crippen LogP contribution in [0.15, 0.2) is 30.6 Å². The second kappa shape index (κ2) is 6.84. The molecule has 1 aromatic carbocycles. The smallest absolute Gasteiger partial charge is 0.273 e. The highest BCUT2D eigenvalue weighted by Crippen LogP contribution is 2.19. The molecule has 22 heavy (non-hydrogen) atoms. The fourth-order valence-electron chi connectivity index (χ4n) is 2.08. The average Bonchev–Trinajstić information content (AvgIpc) is 2.89. The quantitative estimate of drug-likeness (QED) is 0.503. The van der Waals surface area contributed by atoms with Gasteiger partial charge in [-0.1, -0.05) is 6.07 Å². The highest BCUT2D eigenvalue weighted by atomic mass is 16.6. The Balaban J connectivity index is 1.87. The molecule has 0 saturated carbocycles. The van der Waals surface area contributed by atoms with Crippen LogP contribution in [0.4, 0.5) is 5.69 Å². The van der Waals surface area contributed by atoms with Gasteiger partial charge in [0.25, 0.3) is 11.6 Å². The van der Waals surface area contributed by atoms with E-state index in [1.807, 2.05) is 17.8 Å². The van der Waals surface area contributed by atoms with E-state index in [-0.39, 0.29) is 11.6 Å². The molecule has 116 valence electrons. The van der Waals surface area contributed by atoms with Crippen molar-refractivity contribution in [3.8, 4) is 0 Å². The highest BCUT2D eigenvalue weighted by Gasteiger charge is 2.14. The molecule has 2 aromatic rings. The number of benzene rings is 1. The third kappa shape index (κ3) is 3.91. The highest BCUT2D eigenvalue weighted by molar-refractivity contribution is 5.94. The van der Waals surface area contributed by atoms with Crippen LogP contribution in [-0.2, 0) is 6.54 Å². The number of aromatic nitrogens is 2. The normalized spacial score (nSPS) is 10.5. The maximum Gasteiger partial charge on any atom is 0.273 e. The first-order valence-corrected chi connectivity index (χ1v) is 6.99. The molecule has 1 N–H and O–H groups in total. The van der Waals surface area contributed by atoms with Crippen LogP contribution < -0.4 is 5.32 Å². The van der Waals surface area contributed by atoms with Crippen LogP contribution in [0.1, 0.15) is 27.9 Å². The number of nitro groups is 1. The monoisotopic (exact) mass is 302 g/mol. The minimum atomic E-state index is -0.480. The van der Waals surface area contributed by atoms with E-state index in [1.165, 1.54) is 6.07 Å². The van der Waals surface area contributed by atoms with Crippen LogP contribution in [0.3, 0.4) is 0 Å². The van der Waals surface area contributed by atoms with Crippen molar-refractivity contribution in [2.24, 2.45) is 0 Å². The molecule has 2 rings (SSSR count). The minimum absolute atomic E-state index is 0.0420. The maximum atomic E-state index is 12.0. The fraction of sp³-hybridized carbons (Fsp3) is 0.333. The summed E-state index contributed by atoms with van der Waals surface area (Å²) in [6, 6.07) is 4.48. The Morgan fingerprint density at radius 3 is 2.82 bits per heavy atom. The van der Waals surface area contributed by atoms with E-state index < -0.39 is 4.92 Å². The van der Waals surface area contributed by atoms with Crippen molar-refractivity contribution in [2.45, 2.75) is 26.8 Å². The molecule has 7 nitrogen and oxygen atoms in total. The zero-order chi connectivity index (χ0) is 16.1. The number of aryl methyl sites for hydroxylation is 3. The number of nitrogens with zero attached hydrogens (tertiary/aromatic N) is 3. The topological polar surface area (TPSA) is 90.1 Å². The molecule has 1 aromatic heterocycles. The summed E-state index contributed by atoms with van der Waals surface area (Å²) in [6.45, 7) is 4.81. The van der Waals surface area contributed by atoms with Crippen LogP contribution >= 0.6 is 0 Å². The van der Waals surface area contributed by atoms with E-state index in [0.29, 0.717) is 24.2 Å². The predicted octanol–water partition coefficient (Wildman–Crippen LogP) is 2.23. The first-order chi connectivity index (χ1) is 10.5. The van der Waals surface area contributed by atoms with Gasteiger partial charge in [0.05, 0.1) is 11.1 Å². The van der Waals surface area contributed by atoms with Gasteiger partial charge >= 0.3 is 0 Å². The number of carbonyl (C=O) groups excluding carboxylic acids is 1. The Kier molecular flexibility index (Phi) is 4.88. The molecule has 0 aliphatic rings. The molecule has 0 saturated heterocycles. The standard InChI is InChI=1S/C15H18N4O3/c1-11-9-17-18(10-11)7-3-6-16-15(20)13-5-4-12(2)14(8-13)19(21)22/h4-5,8-10H,3,6-7H2,1-2H3,(H,16,20). The lowest BCUT2D eigenvalue weighted by atomic mass is 10.1. The molecule has 0 aliphatic heterocycles. The van der Waals surface area contributed by atoms with E-state index in [4.69, 9.17) is 0 Å². The van der Waals surface area contributed by atoms with Gasteiger partial charge in [-0.25, -0.2) is 0 Å². The average molecular weight is 302 g/mol. The third-order valence-corrected chi connectivity index (χ3v) is 3.28. The molecule has 0 atom stereocenters. The number of nitro benzene ring substituents is 1. The van der Waals surface area contributed by atoms with Crippen LogP contribution in [0.5, 0.6) is 0 Å². The van der Waals surface area contributed by atoms with E-state index in [1.54, 1.807) is 25.3 Å². The van der Waals surface area contributed by atoms with Crippen molar-refractivity contribution >= 4 is 11.6 Å². The number of rotatable bonds is 6. The first kappa shape index (κ1) is 15.7. The SMILES string of the molecule is Cc1cnn(CCCNC(=O)c2ccc(C)c([N+](=O)[O-])c2)c1. The zero-order valence-corrected chi connectivity index (χ0v) is 12.6. The number of carbonyl (C=O) groups is 1. The molecule has 0 aliphatic carbocycles. The number of amides is 1. The minimum Gasteiger partial charge on any atom is -0.352 e. The molecular formula is C15H18N4O3. The number of hydrogen-bond donors (Lipinski definition) is 1. The molecule has 0 bridgehead atoms. The second-order valence-electron chi connectivity index (χ2n) is 5.15. The van der Waals surface area contributed by atoms with Crippen molar-refractivity contribution in [1.82, 2.24) is 15.1 Å². The van der Waals surface area contributed by atoms with Gasteiger partial charge in [0.1, 0.15) is 0 Å². The Morgan fingerprint density at radius 1 is 1.41 bits per heavy atom. The summed E-state index contributed by atoms with van der Waals surface area (Å²) in [5.41, 5.74) is 1.89. The van der Waals surface area contributed by atoms with Crippen LogP contribution in [0, 0.1) is 24.0 Å². The summed E-state index contributed by atoms with van der Waals surface area (Å²) in [5.74, 6) is -0.306. The van der Waals surface area contributed by atoms with Gasteiger partial charge in [-0.05, 0) is 31.9 Å². The molecular weight excluding hydrogens is 284 g/mol. The lowest BCUT2D eigenvalue weighted by molar-refractivity contribution is -0.385. The largest absolute Gasteiger partial charge is 0.352 e. The maximum absolute atomic E-state index is 12.0. The van der Waals surface area contributed by atoms with E-state index in [2.05, 4.69) is 10.4 Å². The Labute approximate surface area is 128 Å². The van der Waals surface area contributed by atoms with Gasteiger partial charge in [0.2, 0.25) is 0 Å². The predicted molar refractivity (Wildman–Crippen MR) is 81.7 cm³/mol. The summed E-state index contributed by atoms with van der Waals surface area (Å²) in [4.78, 5) is 22.4. The van der Waals surface area contributed by atoms with E-state index >= 15 is 0 Å². The van der Waals surface area contributed by atoms with Gasteiger partial charge in [-0.2, -0.15) is 5.10 Å². The zero-order valence-electron chi connectivity index (χ0n) is 12.6.